The third kappa shape index (κ3) is 2.42. The van der Waals surface area contributed by atoms with Crippen LogP contribution in [0.2, 0.25) is 0 Å². The van der Waals surface area contributed by atoms with Crippen molar-refractivity contribution in [2.45, 2.75) is 6.54 Å². The lowest BCUT2D eigenvalue weighted by molar-refractivity contribution is 0.0782. The Hall–Kier alpha value is -2.50. The van der Waals surface area contributed by atoms with Gasteiger partial charge in [0.1, 0.15) is 11.6 Å². The lowest BCUT2D eigenvalue weighted by Crippen LogP contribution is -2.27. The van der Waals surface area contributed by atoms with Gasteiger partial charge < -0.3 is 20.7 Å². The molecule has 1 aromatic carbocycles. The number of nitrogens with two attached hydrogens (primary N) is 1. The molecular weight excluding hydrogens is 232 g/mol. The van der Waals surface area contributed by atoms with E-state index in [0.29, 0.717) is 18.1 Å². The van der Waals surface area contributed by atoms with Crippen LogP contribution in [-0.2, 0) is 6.54 Å². The molecule has 6 heteroatoms. The van der Waals surface area contributed by atoms with Crippen molar-refractivity contribution in [1.82, 2.24) is 14.9 Å². The minimum atomic E-state index is -0.264. The van der Waals surface area contributed by atoms with Crippen LogP contribution < -0.4 is 5.73 Å². The molecule has 94 valence electrons. The average molecular weight is 246 g/mol. The van der Waals surface area contributed by atoms with Gasteiger partial charge in [-0.3, -0.25) is 4.79 Å². The number of H-pyrrole nitrogens is 1. The summed E-state index contributed by atoms with van der Waals surface area (Å²) in [7, 11) is 1.65. The molecule has 0 saturated heterocycles. The highest BCUT2D eigenvalue weighted by Crippen LogP contribution is 2.20. The maximum Gasteiger partial charge on any atom is 0.256 e. The molecule has 1 aromatic heterocycles. The highest BCUT2D eigenvalue weighted by atomic mass is 16.3. The standard InChI is InChI=1S/C12H14N4O2/c1-16(7-11-14-4-5-15-11)12(18)9-6-8(17)2-3-10(9)13/h2-6,17H,7,13H2,1H3,(H,14,15). The number of nitrogen functional groups attached to an aromatic ring is 1. The van der Waals surface area contributed by atoms with Gasteiger partial charge in [-0.05, 0) is 18.2 Å². The van der Waals surface area contributed by atoms with Crippen LogP contribution in [0.3, 0.4) is 0 Å². The first kappa shape index (κ1) is 12.0. The Morgan fingerprint density at radius 3 is 3.00 bits per heavy atom. The Balaban J connectivity index is 2.17. The Morgan fingerprint density at radius 2 is 2.33 bits per heavy atom. The minimum Gasteiger partial charge on any atom is -0.508 e. The summed E-state index contributed by atoms with van der Waals surface area (Å²) in [5, 5.41) is 9.38. The number of carbonyl (C=O) groups excluding carboxylic acids is 1. The molecule has 0 fully saturated rings. The van der Waals surface area contributed by atoms with Gasteiger partial charge in [-0.15, -0.1) is 0 Å². The summed E-state index contributed by atoms with van der Waals surface area (Å²) in [6.45, 7) is 0.348. The second-order valence-corrected chi connectivity index (χ2v) is 3.97. The van der Waals surface area contributed by atoms with E-state index < -0.39 is 0 Å². The fraction of sp³-hybridized carbons (Fsp3) is 0.167. The molecule has 2 aromatic rings. The van der Waals surface area contributed by atoms with Gasteiger partial charge in [0.2, 0.25) is 0 Å². The molecule has 0 aliphatic rings. The van der Waals surface area contributed by atoms with Crippen LogP contribution in [0.1, 0.15) is 16.2 Å². The number of imidazole rings is 1. The molecule has 0 atom stereocenters. The van der Waals surface area contributed by atoms with Gasteiger partial charge in [-0.1, -0.05) is 0 Å². The van der Waals surface area contributed by atoms with Crippen LogP contribution in [0, 0.1) is 0 Å². The molecule has 18 heavy (non-hydrogen) atoms. The molecule has 0 aliphatic carbocycles. The number of aromatic hydroxyl groups is 1. The van der Waals surface area contributed by atoms with Crippen molar-refractivity contribution >= 4 is 11.6 Å². The predicted octanol–water partition coefficient (Wildman–Crippen LogP) is 0.970. The molecule has 0 saturated carbocycles. The van der Waals surface area contributed by atoms with Crippen LogP contribution in [0.15, 0.2) is 30.6 Å². The summed E-state index contributed by atoms with van der Waals surface area (Å²) < 4.78 is 0. The normalized spacial score (nSPS) is 10.3. The Labute approximate surface area is 104 Å². The number of aromatic amines is 1. The molecule has 4 N–H and O–H groups in total. The van der Waals surface area contributed by atoms with Crippen molar-refractivity contribution in [3.05, 3.63) is 42.0 Å². The summed E-state index contributed by atoms with van der Waals surface area (Å²) in [6.07, 6.45) is 3.31. The number of rotatable bonds is 3. The monoisotopic (exact) mass is 246 g/mol. The zero-order valence-electron chi connectivity index (χ0n) is 9.92. The van der Waals surface area contributed by atoms with E-state index in [4.69, 9.17) is 5.73 Å². The van der Waals surface area contributed by atoms with E-state index in [1.165, 1.54) is 23.1 Å². The van der Waals surface area contributed by atoms with E-state index >= 15 is 0 Å². The molecule has 0 bridgehead atoms. The summed E-state index contributed by atoms with van der Waals surface area (Å²) in [5.41, 5.74) is 6.34. The molecule has 2 rings (SSSR count). The van der Waals surface area contributed by atoms with Crippen LogP contribution in [0.5, 0.6) is 5.75 Å². The van der Waals surface area contributed by atoms with Crippen molar-refractivity contribution in [2.24, 2.45) is 0 Å². The van der Waals surface area contributed by atoms with Gasteiger partial charge >= 0.3 is 0 Å². The van der Waals surface area contributed by atoms with E-state index in [9.17, 15) is 9.90 Å². The van der Waals surface area contributed by atoms with Gasteiger partial charge in [-0.25, -0.2) is 4.98 Å². The quantitative estimate of drug-likeness (QED) is 0.555. The average Bonchev–Trinajstić information content (AvgIpc) is 2.84. The van der Waals surface area contributed by atoms with E-state index in [2.05, 4.69) is 9.97 Å². The Bertz CT molecular complexity index is 551. The second kappa shape index (κ2) is 4.79. The predicted molar refractivity (Wildman–Crippen MR) is 66.9 cm³/mol. The largest absolute Gasteiger partial charge is 0.508 e. The minimum absolute atomic E-state index is 0.0129. The van der Waals surface area contributed by atoms with Crippen molar-refractivity contribution in [2.75, 3.05) is 12.8 Å². The number of hydrogen-bond donors (Lipinski definition) is 3. The molecule has 0 spiro atoms. The van der Waals surface area contributed by atoms with Gasteiger partial charge in [0.15, 0.2) is 0 Å². The summed E-state index contributed by atoms with van der Waals surface area (Å²) in [4.78, 5) is 20.6. The lowest BCUT2D eigenvalue weighted by atomic mass is 10.1. The highest BCUT2D eigenvalue weighted by molar-refractivity contribution is 5.99. The molecule has 0 aliphatic heterocycles. The molecular formula is C12H14N4O2. The number of benzene rings is 1. The highest BCUT2D eigenvalue weighted by Gasteiger charge is 2.16. The van der Waals surface area contributed by atoms with Gasteiger partial charge in [0.05, 0.1) is 12.1 Å². The van der Waals surface area contributed by atoms with Crippen LogP contribution in [-0.4, -0.2) is 32.9 Å². The van der Waals surface area contributed by atoms with Crippen LogP contribution >= 0.6 is 0 Å². The van der Waals surface area contributed by atoms with E-state index in [1.54, 1.807) is 19.4 Å². The third-order valence-corrected chi connectivity index (χ3v) is 2.56. The van der Waals surface area contributed by atoms with E-state index in [1.807, 2.05) is 0 Å². The van der Waals surface area contributed by atoms with Crippen molar-refractivity contribution in [3.8, 4) is 5.75 Å². The summed E-state index contributed by atoms with van der Waals surface area (Å²) in [6, 6.07) is 4.30. The van der Waals surface area contributed by atoms with Gasteiger partial charge in [0.25, 0.3) is 5.91 Å². The number of anilines is 1. The smallest absolute Gasteiger partial charge is 0.256 e. The molecule has 6 nitrogen and oxygen atoms in total. The topological polar surface area (TPSA) is 95.2 Å². The molecule has 0 unspecified atom stereocenters. The van der Waals surface area contributed by atoms with Crippen molar-refractivity contribution in [1.29, 1.82) is 0 Å². The van der Waals surface area contributed by atoms with E-state index in [0.717, 1.165) is 0 Å². The Kier molecular flexibility index (Phi) is 3.18. The first-order valence-electron chi connectivity index (χ1n) is 5.40. The number of aromatic nitrogens is 2. The number of nitrogens with zero attached hydrogens (tertiary/aromatic N) is 2. The molecule has 1 heterocycles. The molecule has 1 amide bonds. The number of amides is 1. The number of phenolic OH excluding ortho intramolecular Hbond substituents is 1. The number of hydrogen-bond acceptors (Lipinski definition) is 4. The number of carbonyl (C=O) groups is 1. The number of nitrogens with one attached hydrogen (secondary N) is 1. The van der Waals surface area contributed by atoms with Crippen LogP contribution in [0.4, 0.5) is 5.69 Å². The fourth-order valence-corrected chi connectivity index (χ4v) is 1.62. The van der Waals surface area contributed by atoms with Crippen molar-refractivity contribution < 1.29 is 9.90 Å². The summed E-state index contributed by atoms with van der Waals surface area (Å²) in [5.74, 6) is 0.434. The van der Waals surface area contributed by atoms with Gasteiger partial charge in [-0.2, -0.15) is 0 Å². The van der Waals surface area contributed by atoms with Crippen LogP contribution in [0.25, 0.3) is 0 Å². The maximum absolute atomic E-state index is 12.1. The maximum atomic E-state index is 12.1. The van der Waals surface area contributed by atoms with E-state index in [-0.39, 0.29) is 17.2 Å². The Morgan fingerprint density at radius 1 is 1.56 bits per heavy atom. The zero-order chi connectivity index (χ0) is 13.1. The SMILES string of the molecule is CN(Cc1ncc[nH]1)C(=O)c1cc(O)ccc1N. The third-order valence-electron chi connectivity index (χ3n) is 2.56. The molecule has 0 radical (unpaired) electrons. The van der Waals surface area contributed by atoms with Crippen molar-refractivity contribution in [3.63, 3.8) is 0 Å². The zero-order valence-corrected chi connectivity index (χ0v) is 9.92. The first-order valence-corrected chi connectivity index (χ1v) is 5.40. The fourth-order valence-electron chi connectivity index (χ4n) is 1.62. The lowest BCUT2D eigenvalue weighted by Gasteiger charge is -2.17. The number of phenols is 1. The summed E-state index contributed by atoms with van der Waals surface area (Å²) >= 11 is 0. The first-order chi connectivity index (χ1) is 8.58. The van der Waals surface area contributed by atoms with Gasteiger partial charge in [0, 0.05) is 25.1 Å². The second-order valence-electron chi connectivity index (χ2n) is 3.97.